The molecule has 3 rings (SSSR count). The van der Waals surface area contributed by atoms with Crippen molar-refractivity contribution in [1.82, 2.24) is 0 Å². The number of fused-ring (bicyclic) bond motifs is 2. The Kier molecular flexibility index (Phi) is 2.91. The van der Waals surface area contributed by atoms with Crippen LogP contribution in [0.15, 0.2) is 24.3 Å². The Balaban J connectivity index is 2.16. The number of nitro groups is 1. The molecule has 0 amide bonds. The van der Waals surface area contributed by atoms with Crippen LogP contribution >= 0.6 is 15.9 Å². The monoisotopic (exact) mass is 351 g/mol. The van der Waals surface area contributed by atoms with Gasteiger partial charge in [-0.05, 0) is 23.8 Å². The summed E-state index contributed by atoms with van der Waals surface area (Å²) >= 11 is 3.63. The Labute approximate surface area is 132 Å². The lowest BCUT2D eigenvalue weighted by molar-refractivity contribution is -0.384. The van der Waals surface area contributed by atoms with Gasteiger partial charge in [-0.1, -0.05) is 48.8 Å². The highest BCUT2D eigenvalue weighted by molar-refractivity contribution is 9.10. The summed E-state index contributed by atoms with van der Waals surface area (Å²) in [5, 5.41) is 10.8. The van der Waals surface area contributed by atoms with Crippen molar-refractivity contribution in [3.8, 4) is 0 Å². The molecule has 2 fully saturated rings. The van der Waals surface area contributed by atoms with Gasteiger partial charge in [0, 0.05) is 23.0 Å². The van der Waals surface area contributed by atoms with Gasteiger partial charge in [-0.3, -0.25) is 14.9 Å². The van der Waals surface area contributed by atoms with E-state index in [1.54, 1.807) is 12.1 Å². The van der Waals surface area contributed by atoms with Gasteiger partial charge in [0.2, 0.25) is 0 Å². The summed E-state index contributed by atoms with van der Waals surface area (Å²) < 4.78 is 0. The van der Waals surface area contributed by atoms with Crippen LogP contribution in [0.5, 0.6) is 0 Å². The number of carbonyl (C=O) groups is 1. The first-order valence-electron chi connectivity index (χ1n) is 7.12. The fraction of sp³-hybridized carbons (Fsp3) is 0.562. The van der Waals surface area contributed by atoms with Crippen molar-refractivity contribution in [3.05, 3.63) is 39.9 Å². The quantitative estimate of drug-likeness (QED) is 0.459. The van der Waals surface area contributed by atoms with Crippen LogP contribution in [0.25, 0.3) is 0 Å². The number of carbonyl (C=O) groups excluding carboxylic acids is 1. The molecular weight excluding hydrogens is 334 g/mol. The fourth-order valence-electron chi connectivity index (χ4n) is 4.47. The van der Waals surface area contributed by atoms with Crippen molar-refractivity contribution in [2.75, 3.05) is 0 Å². The van der Waals surface area contributed by atoms with E-state index in [-0.39, 0.29) is 32.5 Å². The molecule has 1 aromatic rings. The maximum Gasteiger partial charge on any atom is 0.269 e. The van der Waals surface area contributed by atoms with E-state index in [0.717, 1.165) is 18.4 Å². The minimum Gasteiger partial charge on any atom is -0.298 e. The molecule has 0 aliphatic heterocycles. The minimum atomic E-state index is -0.392. The SMILES string of the molecule is CC1(C)[C@]2(C)CC[C@@]1(c1ccc([N+](=O)[O-])cc1)[C@H](Br)C2=O. The number of ketones is 1. The van der Waals surface area contributed by atoms with Crippen molar-refractivity contribution in [3.63, 3.8) is 0 Å². The van der Waals surface area contributed by atoms with Gasteiger partial charge < -0.3 is 0 Å². The highest BCUT2D eigenvalue weighted by atomic mass is 79.9. The Morgan fingerprint density at radius 3 is 2.19 bits per heavy atom. The first-order chi connectivity index (χ1) is 9.68. The lowest BCUT2D eigenvalue weighted by atomic mass is 9.62. The molecular formula is C16H18BrNO3. The summed E-state index contributed by atoms with van der Waals surface area (Å²) in [5.74, 6) is 0.261. The van der Waals surface area contributed by atoms with Gasteiger partial charge in [0.15, 0.2) is 5.78 Å². The van der Waals surface area contributed by atoms with Crippen molar-refractivity contribution >= 4 is 27.4 Å². The van der Waals surface area contributed by atoms with Crippen LogP contribution in [-0.4, -0.2) is 15.5 Å². The van der Waals surface area contributed by atoms with Gasteiger partial charge in [-0.25, -0.2) is 0 Å². The van der Waals surface area contributed by atoms with E-state index in [1.807, 2.05) is 12.1 Å². The zero-order chi connectivity index (χ0) is 15.6. The highest BCUT2D eigenvalue weighted by Crippen LogP contribution is 2.72. The second-order valence-electron chi connectivity index (χ2n) is 6.96. The Bertz CT molecular complexity index is 639. The van der Waals surface area contributed by atoms with E-state index in [0.29, 0.717) is 0 Å². The molecule has 1 aromatic carbocycles. The van der Waals surface area contributed by atoms with E-state index in [9.17, 15) is 14.9 Å². The average molecular weight is 352 g/mol. The van der Waals surface area contributed by atoms with Gasteiger partial charge in [-0.15, -0.1) is 0 Å². The first kappa shape index (κ1) is 14.7. The molecule has 2 saturated carbocycles. The molecule has 2 aliphatic rings. The number of hydrogen-bond acceptors (Lipinski definition) is 3. The smallest absolute Gasteiger partial charge is 0.269 e. The second-order valence-corrected chi connectivity index (χ2v) is 7.87. The average Bonchev–Trinajstić information content (AvgIpc) is 2.71. The first-order valence-corrected chi connectivity index (χ1v) is 8.03. The third kappa shape index (κ3) is 1.48. The summed E-state index contributed by atoms with van der Waals surface area (Å²) in [6.07, 6.45) is 1.80. The van der Waals surface area contributed by atoms with Gasteiger partial charge in [0.25, 0.3) is 5.69 Å². The zero-order valence-corrected chi connectivity index (χ0v) is 13.9. The number of benzene rings is 1. The number of nitrogens with zero attached hydrogens (tertiary/aromatic N) is 1. The van der Waals surface area contributed by atoms with Crippen LogP contribution in [0, 0.1) is 20.9 Å². The summed E-state index contributed by atoms with van der Waals surface area (Å²) in [6.45, 7) is 6.37. The van der Waals surface area contributed by atoms with E-state index in [1.165, 1.54) is 0 Å². The van der Waals surface area contributed by atoms with E-state index >= 15 is 0 Å². The molecule has 0 unspecified atom stereocenters. The molecule has 0 aromatic heterocycles. The molecule has 0 N–H and O–H groups in total. The molecule has 2 bridgehead atoms. The lowest BCUT2D eigenvalue weighted by Gasteiger charge is -2.41. The third-order valence-electron chi connectivity index (χ3n) is 6.31. The molecule has 3 atom stereocenters. The fourth-order valence-corrected chi connectivity index (χ4v) is 6.05. The molecule has 21 heavy (non-hydrogen) atoms. The summed E-state index contributed by atoms with van der Waals surface area (Å²) in [6, 6.07) is 6.72. The van der Waals surface area contributed by atoms with E-state index in [4.69, 9.17) is 0 Å². The van der Waals surface area contributed by atoms with E-state index < -0.39 is 4.92 Å². The number of non-ortho nitro benzene ring substituents is 1. The normalized spacial score (nSPS) is 37.0. The predicted octanol–water partition coefficient (Wildman–Crippen LogP) is 4.01. The van der Waals surface area contributed by atoms with Gasteiger partial charge in [-0.2, -0.15) is 0 Å². The van der Waals surface area contributed by atoms with Crippen molar-refractivity contribution < 1.29 is 9.72 Å². The largest absolute Gasteiger partial charge is 0.298 e. The van der Waals surface area contributed by atoms with Gasteiger partial charge in [0.1, 0.15) is 0 Å². The van der Waals surface area contributed by atoms with Crippen LogP contribution < -0.4 is 0 Å². The van der Waals surface area contributed by atoms with Gasteiger partial charge >= 0.3 is 0 Å². The molecule has 0 heterocycles. The van der Waals surface area contributed by atoms with Crippen LogP contribution in [0.1, 0.15) is 39.2 Å². The molecule has 5 heteroatoms. The Hall–Kier alpha value is -1.23. The van der Waals surface area contributed by atoms with Crippen LogP contribution in [0.3, 0.4) is 0 Å². The number of Topliss-reactive ketones (excluding diaryl/α,β-unsaturated/α-hetero) is 1. The van der Waals surface area contributed by atoms with E-state index in [2.05, 4.69) is 36.7 Å². The van der Waals surface area contributed by atoms with Crippen LogP contribution in [0.2, 0.25) is 0 Å². The third-order valence-corrected chi connectivity index (χ3v) is 7.51. The van der Waals surface area contributed by atoms with Crippen molar-refractivity contribution in [1.29, 1.82) is 0 Å². The highest BCUT2D eigenvalue weighted by Gasteiger charge is 2.74. The topological polar surface area (TPSA) is 60.2 Å². The van der Waals surface area contributed by atoms with Crippen molar-refractivity contribution in [2.45, 2.75) is 43.9 Å². The number of alkyl halides is 1. The number of halogens is 1. The Morgan fingerprint density at radius 2 is 1.76 bits per heavy atom. The minimum absolute atomic E-state index is 0.0872. The standard InChI is InChI=1S/C16H18BrNO3/c1-14(2)15(3)8-9-16(14,12(17)13(15)19)10-4-6-11(7-5-10)18(20)21/h4-7,12H,8-9H2,1-3H3/t12-,15-,16-/m1/s1. The Morgan fingerprint density at radius 1 is 1.19 bits per heavy atom. The second kappa shape index (κ2) is 4.15. The maximum atomic E-state index is 12.7. The van der Waals surface area contributed by atoms with Crippen LogP contribution in [-0.2, 0) is 10.2 Å². The van der Waals surface area contributed by atoms with Crippen molar-refractivity contribution in [2.24, 2.45) is 10.8 Å². The zero-order valence-electron chi connectivity index (χ0n) is 12.4. The van der Waals surface area contributed by atoms with Gasteiger partial charge in [0.05, 0.1) is 9.75 Å². The molecule has 0 saturated heterocycles. The molecule has 4 nitrogen and oxygen atoms in total. The number of rotatable bonds is 2. The summed E-state index contributed by atoms with van der Waals surface area (Å²) in [5.41, 5.74) is 0.317. The van der Waals surface area contributed by atoms with Crippen LogP contribution in [0.4, 0.5) is 5.69 Å². The molecule has 0 radical (unpaired) electrons. The maximum absolute atomic E-state index is 12.7. The molecule has 0 spiro atoms. The number of hydrogen-bond donors (Lipinski definition) is 0. The lowest BCUT2D eigenvalue weighted by Crippen LogP contribution is -2.41. The summed E-state index contributed by atoms with van der Waals surface area (Å²) in [7, 11) is 0. The summed E-state index contributed by atoms with van der Waals surface area (Å²) in [4.78, 5) is 22.9. The molecule has 112 valence electrons. The predicted molar refractivity (Wildman–Crippen MR) is 83.6 cm³/mol. The molecule has 2 aliphatic carbocycles. The number of nitro benzene ring substituents is 1.